The summed E-state index contributed by atoms with van der Waals surface area (Å²) in [5, 5.41) is 2.09. The molecule has 2 amide bonds. The minimum atomic E-state index is -0.152. The van der Waals surface area contributed by atoms with Crippen molar-refractivity contribution >= 4 is 23.2 Å². The highest BCUT2D eigenvalue weighted by atomic mass is 32.1. The number of hydrogen-bond acceptors (Lipinski definition) is 5. The highest BCUT2D eigenvalue weighted by Gasteiger charge is 2.40. The Morgan fingerprint density at radius 1 is 1.12 bits per heavy atom. The fraction of sp³-hybridized carbons (Fsp3) is 0.538. The molecule has 2 heterocycles. The van der Waals surface area contributed by atoms with Crippen LogP contribution in [0.4, 0.5) is 0 Å². The predicted molar refractivity (Wildman–Crippen MR) is 128 cm³/mol. The molecule has 1 aromatic carbocycles. The molecule has 3 aliphatic rings. The van der Waals surface area contributed by atoms with Gasteiger partial charge in [0.25, 0.3) is 0 Å². The van der Waals surface area contributed by atoms with E-state index in [0.717, 1.165) is 56.4 Å². The molecule has 1 aromatic heterocycles. The van der Waals surface area contributed by atoms with Crippen LogP contribution >= 0.6 is 11.3 Å². The maximum absolute atomic E-state index is 13.6. The summed E-state index contributed by atoms with van der Waals surface area (Å²) in [6.45, 7) is 1.23. The Kier molecular flexibility index (Phi) is 6.58. The van der Waals surface area contributed by atoms with Crippen molar-refractivity contribution in [2.45, 2.75) is 57.0 Å². The first-order chi connectivity index (χ1) is 16.1. The Hall–Kier alpha value is -2.54. The first kappa shape index (κ1) is 22.3. The van der Waals surface area contributed by atoms with Gasteiger partial charge < -0.3 is 19.3 Å². The van der Waals surface area contributed by atoms with E-state index in [1.807, 2.05) is 34.1 Å². The lowest BCUT2D eigenvalue weighted by Gasteiger charge is -2.37. The molecule has 1 aliphatic heterocycles. The van der Waals surface area contributed by atoms with Gasteiger partial charge in [-0.3, -0.25) is 9.59 Å². The van der Waals surface area contributed by atoms with E-state index in [2.05, 4.69) is 11.4 Å². The number of rotatable bonds is 8. The second kappa shape index (κ2) is 9.75. The third-order valence-corrected chi connectivity index (χ3v) is 8.14. The Labute approximate surface area is 199 Å². The first-order valence-electron chi connectivity index (χ1n) is 12.1. The van der Waals surface area contributed by atoms with Gasteiger partial charge in [0.2, 0.25) is 11.8 Å². The van der Waals surface area contributed by atoms with Crippen LogP contribution in [0.1, 0.15) is 55.0 Å². The van der Waals surface area contributed by atoms with Crippen molar-refractivity contribution in [1.82, 2.24) is 9.80 Å². The predicted octanol–water partition coefficient (Wildman–Crippen LogP) is 4.44. The number of nitrogens with zero attached hydrogens (tertiary/aromatic N) is 2. The van der Waals surface area contributed by atoms with E-state index in [4.69, 9.17) is 9.47 Å². The van der Waals surface area contributed by atoms with Gasteiger partial charge in [-0.1, -0.05) is 18.9 Å². The van der Waals surface area contributed by atoms with E-state index in [-0.39, 0.29) is 36.4 Å². The summed E-state index contributed by atoms with van der Waals surface area (Å²) in [6.07, 6.45) is 7.07. The first-order valence-corrected chi connectivity index (χ1v) is 12.9. The number of thiophene rings is 1. The number of hydrogen-bond donors (Lipinski definition) is 0. The van der Waals surface area contributed by atoms with Crippen molar-refractivity contribution in [2.75, 3.05) is 26.8 Å². The smallest absolute Gasteiger partial charge is 0.242 e. The Morgan fingerprint density at radius 2 is 1.91 bits per heavy atom. The largest absolute Gasteiger partial charge is 0.497 e. The van der Waals surface area contributed by atoms with Gasteiger partial charge >= 0.3 is 0 Å². The zero-order chi connectivity index (χ0) is 22.8. The summed E-state index contributed by atoms with van der Waals surface area (Å²) in [5.41, 5.74) is 1.17. The van der Waals surface area contributed by atoms with E-state index < -0.39 is 0 Å². The number of ether oxygens (including phenoxy) is 2. The summed E-state index contributed by atoms with van der Waals surface area (Å²) < 4.78 is 11.4. The Balaban J connectivity index is 1.31. The zero-order valence-electron chi connectivity index (χ0n) is 19.2. The molecule has 2 aromatic rings. The van der Waals surface area contributed by atoms with Gasteiger partial charge in [-0.25, -0.2) is 0 Å². The van der Waals surface area contributed by atoms with Gasteiger partial charge in [0.1, 0.15) is 24.7 Å². The van der Waals surface area contributed by atoms with Crippen LogP contribution in [0.2, 0.25) is 0 Å². The SMILES string of the molecule is COc1cccc(OC[C@@H]2c3ccsc3CCN2C(=O)CN(C(=O)C2CCCC2)C2CC2)c1. The zero-order valence-corrected chi connectivity index (χ0v) is 20.0. The van der Waals surface area contributed by atoms with Crippen LogP contribution in [0.3, 0.4) is 0 Å². The normalized spacial score (nSPS) is 20.4. The van der Waals surface area contributed by atoms with Gasteiger partial charge in [0, 0.05) is 29.4 Å². The lowest BCUT2D eigenvalue weighted by Crippen LogP contribution is -2.49. The average Bonchev–Trinajstić information content (AvgIpc) is 3.32. The van der Waals surface area contributed by atoms with Gasteiger partial charge in [-0.2, -0.15) is 0 Å². The molecule has 0 N–H and O–H groups in total. The number of benzene rings is 1. The molecule has 0 saturated heterocycles. The van der Waals surface area contributed by atoms with E-state index in [0.29, 0.717) is 13.2 Å². The third-order valence-electron chi connectivity index (χ3n) is 7.15. The van der Waals surface area contributed by atoms with Crippen molar-refractivity contribution < 1.29 is 19.1 Å². The van der Waals surface area contributed by atoms with Crippen LogP contribution in [-0.2, 0) is 16.0 Å². The van der Waals surface area contributed by atoms with Crippen LogP contribution < -0.4 is 9.47 Å². The van der Waals surface area contributed by atoms with Gasteiger partial charge in [0.05, 0.1) is 13.2 Å². The summed E-state index contributed by atoms with van der Waals surface area (Å²) >= 11 is 1.74. The van der Waals surface area contributed by atoms with Gasteiger partial charge in [-0.05, 0) is 61.2 Å². The molecule has 2 fully saturated rings. The molecule has 7 heteroatoms. The second-order valence-electron chi connectivity index (χ2n) is 9.32. The van der Waals surface area contributed by atoms with Crippen molar-refractivity contribution in [1.29, 1.82) is 0 Å². The maximum Gasteiger partial charge on any atom is 0.242 e. The lowest BCUT2D eigenvalue weighted by atomic mass is 10.00. The number of carbonyl (C=O) groups excluding carboxylic acids is 2. The van der Waals surface area contributed by atoms with Crippen LogP contribution in [0, 0.1) is 5.92 Å². The number of fused-ring (bicyclic) bond motifs is 1. The van der Waals surface area contributed by atoms with E-state index >= 15 is 0 Å². The van der Waals surface area contributed by atoms with Crippen molar-refractivity contribution in [3.63, 3.8) is 0 Å². The molecule has 0 radical (unpaired) electrons. The molecular formula is C26H32N2O4S. The lowest BCUT2D eigenvalue weighted by molar-refractivity contribution is -0.145. The van der Waals surface area contributed by atoms with Gasteiger partial charge in [0.15, 0.2) is 0 Å². The molecule has 6 nitrogen and oxygen atoms in total. The van der Waals surface area contributed by atoms with Crippen molar-refractivity contribution in [2.24, 2.45) is 5.92 Å². The summed E-state index contributed by atoms with van der Waals surface area (Å²) in [4.78, 5) is 31.9. The van der Waals surface area contributed by atoms with Crippen LogP contribution in [0.5, 0.6) is 11.5 Å². The minimum Gasteiger partial charge on any atom is -0.497 e. The molecule has 33 heavy (non-hydrogen) atoms. The van der Waals surface area contributed by atoms with E-state index in [1.54, 1.807) is 18.4 Å². The monoisotopic (exact) mass is 468 g/mol. The molecule has 0 spiro atoms. The summed E-state index contributed by atoms with van der Waals surface area (Å²) in [7, 11) is 1.64. The summed E-state index contributed by atoms with van der Waals surface area (Å²) in [5.74, 6) is 1.80. The molecule has 5 rings (SSSR count). The molecule has 0 bridgehead atoms. The number of carbonyl (C=O) groups is 2. The minimum absolute atomic E-state index is 0.0318. The molecule has 0 unspecified atom stereocenters. The van der Waals surface area contributed by atoms with E-state index in [1.165, 1.54) is 10.4 Å². The number of methoxy groups -OCH3 is 1. The number of amides is 2. The van der Waals surface area contributed by atoms with Crippen LogP contribution in [0.25, 0.3) is 0 Å². The maximum atomic E-state index is 13.6. The highest BCUT2D eigenvalue weighted by Crippen LogP contribution is 2.36. The standard InChI is InChI=1S/C26H32N2O4S/c1-31-20-7-4-8-21(15-20)32-17-23-22-12-14-33-24(22)11-13-27(23)25(29)16-28(19-9-10-19)26(30)18-5-2-3-6-18/h4,7-8,12,14-15,18-19,23H,2-3,5-6,9-11,13,16-17H2,1H3/t23-/m1/s1. The van der Waals surface area contributed by atoms with Crippen LogP contribution in [0.15, 0.2) is 35.7 Å². The molecule has 2 saturated carbocycles. The van der Waals surface area contributed by atoms with Crippen LogP contribution in [-0.4, -0.2) is 54.5 Å². The topological polar surface area (TPSA) is 59.1 Å². The molecular weight excluding hydrogens is 436 g/mol. The molecule has 176 valence electrons. The molecule has 2 aliphatic carbocycles. The summed E-state index contributed by atoms with van der Waals surface area (Å²) in [6, 6.07) is 9.75. The quantitative estimate of drug-likeness (QED) is 0.575. The van der Waals surface area contributed by atoms with Gasteiger partial charge in [-0.15, -0.1) is 11.3 Å². The van der Waals surface area contributed by atoms with E-state index in [9.17, 15) is 9.59 Å². The van der Waals surface area contributed by atoms with Crippen molar-refractivity contribution in [3.05, 3.63) is 46.2 Å². The fourth-order valence-corrected chi connectivity index (χ4v) is 6.09. The second-order valence-corrected chi connectivity index (χ2v) is 10.3. The fourth-order valence-electron chi connectivity index (χ4n) is 5.16. The molecule has 1 atom stereocenters. The highest BCUT2D eigenvalue weighted by molar-refractivity contribution is 7.10. The Morgan fingerprint density at radius 3 is 2.67 bits per heavy atom. The van der Waals surface area contributed by atoms with Crippen molar-refractivity contribution in [3.8, 4) is 11.5 Å². The third kappa shape index (κ3) is 4.88. The average molecular weight is 469 g/mol. The Bertz CT molecular complexity index is 996.